The molecule has 0 fully saturated rings. The van der Waals surface area contributed by atoms with E-state index < -0.39 is 11.3 Å². The summed E-state index contributed by atoms with van der Waals surface area (Å²) in [6.07, 6.45) is 4.80. The van der Waals surface area contributed by atoms with Crippen LogP contribution in [0.5, 0.6) is 0 Å². The molecule has 2 aliphatic heterocycles. The van der Waals surface area contributed by atoms with Gasteiger partial charge >= 0.3 is 0 Å². The zero-order valence-corrected chi connectivity index (χ0v) is 20.8. The van der Waals surface area contributed by atoms with Crippen molar-refractivity contribution in [3.63, 3.8) is 0 Å². The van der Waals surface area contributed by atoms with E-state index in [0.717, 1.165) is 11.1 Å². The van der Waals surface area contributed by atoms with Crippen LogP contribution in [-0.4, -0.2) is 44.0 Å². The van der Waals surface area contributed by atoms with Crippen LogP contribution in [-0.2, 0) is 20.9 Å². The highest BCUT2D eigenvalue weighted by Gasteiger charge is 2.43. The highest BCUT2D eigenvalue weighted by molar-refractivity contribution is 7.82. The van der Waals surface area contributed by atoms with E-state index in [-0.39, 0.29) is 24.7 Å². The van der Waals surface area contributed by atoms with E-state index in [1.54, 1.807) is 22.2 Å². The lowest BCUT2D eigenvalue weighted by molar-refractivity contribution is -0.133. The Kier molecular flexibility index (Phi) is 6.81. The Morgan fingerprint density at radius 3 is 1.41 bits per heavy atom. The summed E-state index contributed by atoms with van der Waals surface area (Å²) < 4.78 is 0. The highest BCUT2D eigenvalue weighted by Crippen LogP contribution is 2.35. The zero-order valence-electron chi connectivity index (χ0n) is 19.2. The Bertz CT molecular complexity index is 1090. The second kappa shape index (κ2) is 9.64. The first-order valence-electron chi connectivity index (χ1n) is 11.2. The number of amides is 2. The van der Waals surface area contributed by atoms with Crippen molar-refractivity contribution in [2.75, 3.05) is 0 Å². The van der Waals surface area contributed by atoms with Crippen molar-refractivity contribution in [1.82, 2.24) is 9.80 Å². The van der Waals surface area contributed by atoms with E-state index in [0.29, 0.717) is 22.8 Å². The molecule has 0 saturated heterocycles. The molecule has 6 nitrogen and oxygen atoms in total. The molecule has 2 aromatic rings. The predicted octanol–water partition coefficient (Wildman–Crippen LogP) is 4.77. The molecule has 0 radical (unpaired) electrons. The maximum Gasteiger partial charge on any atom is 0.229 e. The van der Waals surface area contributed by atoms with Crippen LogP contribution in [0.1, 0.15) is 50.7 Å². The Hall–Kier alpha value is -3.10. The van der Waals surface area contributed by atoms with Crippen LogP contribution < -0.4 is 0 Å². The van der Waals surface area contributed by atoms with E-state index in [1.807, 2.05) is 74.5 Å². The first kappa shape index (κ1) is 24.0. The van der Waals surface area contributed by atoms with Gasteiger partial charge in [0.2, 0.25) is 11.8 Å². The van der Waals surface area contributed by atoms with E-state index >= 15 is 0 Å². The van der Waals surface area contributed by atoms with Crippen molar-refractivity contribution in [1.29, 1.82) is 0 Å². The second-order valence-electron chi connectivity index (χ2n) is 8.63. The van der Waals surface area contributed by atoms with Gasteiger partial charge in [0.05, 0.1) is 12.4 Å². The molecule has 0 N–H and O–H groups in total. The largest absolute Gasteiger partial charge is 0.274 e. The monoisotopic (exact) mass is 490 g/mol. The van der Waals surface area contributed by atoms with Crippen LogP contribution >= 0.6 is 24.4 Å². The molecular weight excluding hydrogens is 464 g/mol. The molecule has 0 aliphatic carbocycles. The summed E-state index contributed by atoms with van der Waals surface area (Å²) in [5, 5.41) is 0. The normalized spacial score (nSPS) is 23.7. The van der Waals surface area contributed by atoms with Crippen molar-refractivity contribution in [3.8, 4) is 0 Å². The van der Waals surface area contributed by atoms with E-state index in [9.17, 15) is 9.59 Å². The lowest BCUT2D eigenvalue weighted by Crippen LogP contribution is -2.45. The SMILES string of the molecule is CC1(c2ccccc2)N=CC(=S)N1C(=O)CCCCC(=O)N1C(=S)C=NC1(C)c1ccccc1. The molecule has 8 heteroatoms. The van der Waals surface area contributed by atoms with E-state index in [4.69, 9.17) is 24.4 Å². The van der Waals surface area contributed by atoms with E-state index in [2.05, 4.69) is 9.98 Å². The number of carbonyl (C=O) groups excluding carboxylic acids is 2. The number of unbranched alkanes of at least 4 members (excludes halogenated alkanes) is 1. The molecule has 2 atom stereocenters. The van der Waals surface area contributed by atoms with Gasteiger partial charge in [-0.3, -0.25) is 29.4 Å². The number of benzene rings is 2. The molecule has 0 aromatic heterocycles. The molecule has 2 unspecified atom stereocenters. The number of nitrogens with zero attached hydrogens (tertiary/aromatic N) is 4. The third-order valence-corrected chi connectivity index (χ3v) is 6.91. The fourth-order valence-corrected chi connectivity index (χ4v) is 5.11. The topological polar surface area (TPSA) is 65.3 Å². The molecule has 2 heterocycles. The van der Waals surface area contributed by atoms with Gasteiger partial charge in [-0.2, -0.15) is 0 Å². The molecule has 0 bridgehead atoms. The maximum absolute atomic E-state index is 13.1. The fraction of sp³-hybridized carbons (Fsp3) is 0.308. The number of hydrogen-bond acceptors (Lipinski definition) is 6. The van der Waals surface area contributed by atoms with Crippen molar-refractivity contribution in [2.24, 2.45) is 9.98 Å². The summed E-state index contributed by atoms with van der Waals surface area (Å²) in [6, 6.07) is 19.3. The fourth-order valence-electron chi connectivity index (χ4n) is 4.44. The van der Waals surface area contributed by atoms with Crippen LogP contribution in [0, 0.1) is 0 Å². The van der Waals surface area contributed by atoms with Crippen LogP contribution in [0.3, 0.4) is 0 Å². The molecule has 34 heavy (non-hydrogen) atoms. The molecule has 0 spiro atoms. The maximum atomic E-state index is 13.1. The van der Waals surface area contributed by atoms with Crippen molar-refractivity contribution < 1.29 is 9.59 Å². The molecule has 2 aliphatic rings. The Morgan fingerprint density at radius 1 is 0.706 bits per heavy atom. The van der Waals surface area contributed by atoms with E-state index in [1.165, 1.54) is 0 Å². The first-order chi connectivity index (χ1) is 16.3. The lowest BCUT2D eigenvalue weighted by atomic mass is 9.99. The lowest BCUT2D eigenvalue weighted by Gasteiger charge is -2.34. The minimum Gasteiger partial charge on any atom is -0.274 e. The summed E-state index contributed by atoms with van der Waals surface area (Å²) in [5.74, 6) is -0.203. The van der Waals surface area contributed by atoms with Crippen molar-refractivity contribution >= 4 is 58.7 Å². The highest BCUT2D eigenvalue weighted by atomic mass is 32.1. The molecule has 2 amide bonds. The van der Waals surface area contributed by atoms with Gasteiger partial charge in [-0.05, 0) is 37.8 Å². The van der Waals surface area contributed by atoms with Crippen LogP contribution in [0.15, 0.2) is 70.6 Å². The minimum absolute atomic E-state index is 0.101. The summed E-state index contributed by atoms with van der Waals surface area (Å²) in [6.45, 7) is 3.77. The number of thiocarbonyl (C=S) groups is 2. The van der Waals surface area contributed by atoms with Gasteiger partial charge in [0, 0.05) is 12.8 Å². The Morgan fingerprint density at radius 2 is 1.06 bits per heavy atom. The number of hydrogen-bond donors (Lipinski definition) is 0. The van der Waals surface area contributed by atoms with Gasteiger partial charge < -0.3 is 0 Å². The van der Waals surface area contributed by atoms with Crippen molar-refractivity contribution in [2.45, 2.75) is 50.9 Å². The van der Waals surface area contributed by atoms with Crippen LogP contribution in [0.25, 0.3) is 0 Å². The Labute approximate surface area is 210 Å². The molecule has 2 aromatic carbocycles. The van der Waals surface area contributed by atoms with Crippen LogP contribution in [0.4, 0.5) is 0 Å². The molecular formula is C26H26N4O2S2. The summed E-state index contributed by atoms with van der Waals surface area (Å²) in [4.78, 5) is 39.3. The standard InChI is InChI=1S/C26H26N4O2S2/c1-25(19-11-5-3-6-12-19)27-17-23(33)29(25)21(31)15-9-10-16-22(32)30-24(34)18-28-26(30,2)20-13-7-4-8-14-20/h3-8,11-14,17-18H,9-10,15-16H2,1-2H3. The molecule has 4 rings (SSSR count). The quantitative estimate of drug-likeness (QED) is 0.414. The number of aliphatic imine (C=N–C) groups is 2. The Balaban J connectivity index is 1.36. The average Bonchev–Trinajstić information content (AvgIpc) is 3.34. The number of carbonyl (C=O) groups is 2. The number of rotatable bonds is 7. The van der Waals surface area contributed by atoms with Gasteiger partial charge in [0.15, 0.2) is 11.3 Å². The smallest absolute Gasteiger partial charge is 0.229 e. The average molecular weight is 491 g/mol. The second-order valence-corrected chi connectivity index (χ2v) is 9.47. The summed E-state index contributed by atoms with van der Waals surface area (Å²) >= 11 is 10.8. The third-order valence-electron chi connectivity index (χ3n) is 6.34. The van der Waals surface area contributed by atoms with Gasteiger partial charge in [0.1, 0.15) is 9.98 Å². The van der Waals surface area contributed by atoms with Gasteiger partial charge in [0.25, 0.3) is 0 Å². The first-order valence-corrected chi connectivity index (χ1v) is 12.0. The zero-order chi connectivity index (χ0) is 24.3. The molecule has 174 valence electrons. The van der Waals surface area contributed by atoms with Crippen molar-refractivity contribution in [3.05, 3.63) is 71.8 Å². The summed E-state index contributed by atoms with van der Waals surface area (Å²) in [5.41, 5.74) is 0.110. The van der Waals surface area contributed by atoms with Gasteiger partial charge in [-0.1, -0.05) is 85.1 Å². The van der Waals surface area contributed by atoms with Crippen LogP contribution in [0.2, 0.25) is 0 Å². The van der Waals surface area contributed by atoms with Gasteiger partial charge in [-0.15, -0.1) is 0 Å². The molecule has 0 saturated carbocycles. The summed E-state index contributed by atoms with van der Waals surface area (Å²) in [7, 11) is 0. The third kappa shape index (κ3) is 4.35. The minimum atomic E-state index is -0.845. The van der Waals surface area contributed by atoms with Gasteiger partial charge in [-0.25, -0.2) is 0 Å². The predicted molar refractivity (Wildman–Crippen MR) is 142 cm³/mol.